The van der Waals surface area contributed by atoms with Crippen molar-refractivity contribution in [3.63, 3.8) is 0 Å². The number of hydrogen-bond donors (Lipinski definition) is 1. The van der Waals surface area contributed by atoms with E-state index in [0.717, 1.165) is 5.56 Å². The average Bonchev–Trinajstić information content (AvgIpc) is 2.35. The van der Waals surface area contributed by atoms with Gasteiger partial charge in [-0.05, 0) is 23.6 Å². The maximum Gasteiger partial charge on any atom is 0.365 e. The molecule has 0 bridgehead atoms. The number of rotatable bonds is 6. The molecule has 3 N–H and O–H groups in total. The fraction of sp³-hybridized carbons (Fsp3) is 0.462. The largest absolute Gasteiger partial charge is 0.456 e. The van der Waals surface area contributed by atoms with Crippen molar-refractivity contribution in [3.05, 3.63) is 39.9 Å². The third kappa shape index (κ3) is 5.05. The molecule has 0 aliphatic carbocycles. The van der Waals surface area contributed by atoms with Gasteiger partial charge in [-0.25, -0.2) is 4.79 Å². The Morgan fingerprint density at radius 2 is 1.95 bits per heavy atom. The zero-order valence-electron chi connectivity index (χ0n) is 11.2. The number of quaternary nitrogens is 1. The van der Waals surface area contributed by atoms with Gasteiger partial charge < -0.3 is 10.5 Å². The van der Waals surface area contributed by atoms with Crippen molar-refractivity contribution in [3.8, 4) is 0 Å². The van der Waals surface area contributed by atoms with Gasteiger partial charge in [0.15, 0.2) is 6.04 Å². The molecule has 0 saturated carbocycles. The summed E-state index contributed by atoms with van der Waals surface area (Å²) in [5.41, 5.74) is 4.50. The van der Waals surface area contributed by atoms with Crippen LogP contribution in [0.5, 0.6) is 0 Å². The molecule has 6 heteroatoms. The summed E-state index contributed by atoms with van der Waals surface area (Å²) in [6.45, 7) is 4.14. The summed E-state index contributed by atoms with van der Waals surface area (Å²) in [5, 5.41) is 10.5. The molecule has 0 heterocycles. The molecule has 0 fully saturated rings. The zero-order valence-corrected chi connectivity index (χ0v) is 11.2. The van der Waals surface area contributed by atoms with Gasteiger partial charge in [0.2, 0.25) is 0 Å². The fourth-order valence-electron chi connectivity index (χ4n) is 1.65. The van der Waals surface area contributed by atoms with E-state index in [0.29, 0.717) is 12.3 Å². The molecule has 1 aromatic carbocycles. The molecule has 0 radical (unpaired) electrons. The van der Waals surface area contributed by atoms with Crippen LogP contribution in [0.25, 0.3) is 0 Å². The normalized spacial score (nSPS) is 12.2. The van der Waals surface area contributed by atoms with Gasteiger partial charge >= 0.3 is 5.97 Å². The van der Waals surface area contributed by atoms with Crippen molar-refractivity contribution < 1.29 is 20.2 Å². The van der Waals surface area contributed by atoms with Crippen LogP contribution in [-0.4, -0.2) is 16.9 Å². The maximum atomic E-state index is 11.6. The Balaban J connectivity index is 2.48. The van der Waals surface area contributed by atoms with E-state index in [1.165, 1.54) is 12.1 Å². The monoisotopic (exact) mass is 267 g/mol. The highest BCUT2D eigenvalue weighted by Crippen LogP contribution is 2.13. The number of carbonyl (C=O) groups excluding carboxylic acids is 1. The van der Waals surface area contributed by atoms with E-state index in [9.17, 15) is 14.9 Å². The minimum Gasteiger partial charge on any atom is -0.456 e. The molecule has 0 amide bonds. The fourth-order valence-corrected chi connectivity index (χ4v) is 1.65. The number of non-ortho nitro benzene ring substituents is 1. The lowest BCUT2D eigenvalue weighted by molar-refractivity contribution is -0.411. The first-order valence-electron chi connectivity index (χ1n) is 6.13. The Bertz CT molecular complexity index is 442. The first-order valence-corrected chi connectivity index (χ1v) is 6.13. The summed E-state index contributed by atoms with van der Waals surface area (Å²) < 4.78 is 5.12. The van der Waals surface area contributed by atoms with Gasteiger partial charge in [-0.2, -0.15) is 0 Å². The zero-order chi connectivity index (χ0) is 14.4. The van der Waals surface area contributed by atoms with E-state index in [1.54, 1.807) is 12.1 Å². The number of hydrogen-bond acceptors (Lipinski definition) is 4. The van der Waals surface area contributed by atoms with E-state index in [-0.39, 0.29) is 24.3 Å². The molecule has 1 aromatic rings. The van der Waals surface area contributed by atoms with Gasteiger partial charge in [-0.3, -0.25) is 10.1 Å². The number of nitrogens with zero attached hydrogens (tertiary/aromatic N) is 1. The number of esters is 1. The Morgan fingerprint density at radius 1 is 1.37 bits per heavy atom. The molecule has 1 atom stereocenters. The summed E-state index contributed by atoms with van der Waals surface area (Å²) in [7, 11) is 0. The lowest BCUT2D eigenvalue weighted by Gasteiger charge is -2.10. The molecule has 104 valence electrons. The van der Waals surface area contributed by atoms with Crippen LogP contribution in [0, 0.1) is 16.0 Å². The molecule has 0 unspecified atom stereocenters. The van der Waals surface area contributed by atoms with E-state index in [1.807, 2.05) is 13.8 Å². The van der Waals surface area contributed by atoms with Gasteiger partial charge in [-0.15, -0.1) is 0 Å². The first kappa shape index (κ1) is 15.1. The summed E-state index contributed by atoms with van der Waals surface area (Å²) >= 11 is 0. The van der Waals surface area contributed by atoms with Crippen LogP contribution in [0.4, 0.5) is 5.69 Å². The van der Waals surface area contributed by atoms with Crippen LogP contribution < -0.4 is 5.73 Å². The van der Waals surface area contributed by atoms with Gasteiger partial charge in [0.05, 0.1) is 4.92 Å². The standard InChI is InChI=1S/C13H18N2O4/c1-9(2)7-12(14)13(16)19-8-10-3-5-11(6-4-10)15(17)18/h3-6,9,12H,7-8,14H2,1-2H3/p+1/t12-/m1/s1. The van der Waals surface area contributed by atoms with E-state index >= 15 is 0 Å². The van der Waals surface area contributed by atoms with Crippen molar-refractivity contribution in [1.82, 2.24) is 0 Å². The third-order valence-electron chi connectivity index (χ3n) is 2.62. The minimum atomic E-state index is -0.468. The second-order valence-electron chi connectivity index (χ2n) is 4.86. The Labute approximate surface area is 111 Å². The van der Waals surface area contributed by atoms with Crippen LogP contribution in [0.2, 0.25) is 0 Å². The van der Waals surface area contributed by atoms with E-state index in [4.69, 9.17) is 4.74 Å². The van der Waals surface area contributed by atoms with Gasteiger partial charge in [0, 0.05) is 18.6 Å². The highest BCUT2D eigenvalue weighted by molar-refractivity contribution is 5.73. The molecule has 19 heavy (non-hydrogen) atoms. The average molecular weight is 267 g/mol. The molecule has 0 spiro atoms. The van der Waals surface area contributed by atoms with Crippen LogP contribution in [0.15, 0.2) is 24.3 Å². The smallest absolute Gasteiger partial charge is 0.365 e. The summed E-state index contributed by atoms with van der Waals surface area (Å²) in [4.78, 5) is 21.6. The second-order valence-corrected chi connectivity index (χ2v) is 4.86. The van der Waals surface area contributed by atoms with Crippen LogP contribution >= 0.6 is 0 Å². The molecule has 0 aliphatic rings. The van der Waals surface area contributed by atoms with E-state index in [2.05, 4.69) is 5.73 Å². The number of carbonyl (C=O) groups is 1. The van der Waals surface area contributed by atoms with Crippen LogP contribution in [0.1, 0.15) is 25.8 Å². The molecule has 0 saturated heterocycles. The summed E-state index contributed by atoms with van der Waals surface area (Å²) in [6.07, 6.45) is 0.680. The predicted octanol–water partition coefficient (Wildman–Crippen LogP) is 1.29. The SMILES string of the molecule is CC(C)C[C@@H]([NH3+])C(=O)OCc1ccc([N+](=O)[O-])cc1. The van der Waals surface area contributed by atoms with Gasteiger partial charge in [0.1, 0.15) is 6.61 Å². The lowest BCUT2D eigenvalue weighted by atomic mass is 10.1. The van der Waals surface area contributed by atoms with E-state index < -0.39 is 4.92 Å². The Hall–Kier alpha value is -1.95. The second kappa shape index (κ2) is 6.84. The highest BCUT2D eigenvalue weighted by Gasteiger charge is 2.20. The summed E-state index contributed by atoms with van der Waals surface area (Å²) in [6, 6.07) is 5.55. The van der Waals surface area contributed by atoms with Crippen molar-refractivity contribution >= 4 is 11.7 Å². The van der Waals surface area contributed by atoms with Crippen molar-refractivity contribution in [2.24, 2.45) is 5.92 Å². The number of nitro groups is 1. The van der Waals surface area contributed by atoms with Crippen molar-refractivity contribution in [2.75, 3.05) is 0 Å². The van der Waals surface area contributed by atoms with Crippen molar-refractivity contribution in [1.29, 1.82) is 0 Å². The number of ether oxygens (including phenoxy) is 1. The Kier molecular flexibility index (Phi) is 5.44. The molecule has 6 nitrogen and oxygen atoms in total. The minimum absolute atomic E-state index is 0.0184. The summed E-state index contributed by atoms with van der Waals surface area (Å²) in [5.74, 6) is 0.0430. The van der Waals surface area contributed by atoms with Gasteiger partial charge in [-0.1, -0.05) is 13.8 Å². The third-order valence-corrected chi connectivity index (χ3v) is 2.62. The molecule has 0 aliphatic heterocycles. The number of nitro benzene ring substituents is 1. The van der Waals surface area contributed by atoms with Gasteiger partial charge in [0.25, 0.3) is 5.69 Å². The molecular formula is C13H19N2O4+. The van der Waals surface area contributed by atoms with Crippen molar-refractivity contribution in [2.45, 2.75) is 32.9 Å². The quantitative estimate of drug-likeness (QED) is 0.477. The number of benzene rings is 1. The predicted molar refractivity (Wildman–Crippen MR) is 69.0 cm³/mol. The Morgan fingerprint density at radius 3 is 2.42 bits per heavy atom. The van der Waals surface area contributed by atoms with Crippen LogP contribution in [0.3, 0.4) is 0 Å². The maximum absolute atomic E-state index is 11.6. The molecule has 1 rings (SSSR count). The first-order chi connectivity index (χ1) is 8.90. The topological polar surface area (TPSA) is 97.1 Å². The molecular weight excluding hydrogens is 248 g/mol. The van der Waals surface area contributed by atoms with Crippen LogP contribution in [-0.2, 0) is 16.1 Å². The lowest BCUT2D eigenvalue weighted by Crippen LogP contribution is -2.65. The highest BCUT2D eigenvalue weighted by atomic mass is 16.6. The molecule has 0 aromatic heterocycles.